The van der Waals surface area contributed by atoms with Gasteiger partial charge in [-0.05, 0) is 30.3 Å². The summed E-state index contributed by atoms with van der Waals surface area (Å²) in [6, 6.07) is 21.7. The molecule has 0 heterocycles. The molecule has 0 atom stereocenters. The Morgan fingerprint density at radius 1 is 0.840 bits per heavy atom. The molecule has 25 heavy (non-hydrogen) atoms. The molecule has 0 aromatic heterocycles. The van der Waals surface area contributed by atoms with Gasteiger partial charge in [-0.15, -0.1) is 23.2 Å². The first-order valence-electron chi connectivity index (χ1n) is 7.02. The van der Waals surface area contributed by atoms with Crippen LogP contribution in [0.5, 0.6) is 0 Å². The molecule has 0 saturated heterocycles. The van der Waals surface area contributed by atoms with Crippen molar-refractivity contribution in [2.24, 2.45) is 0 Å². The molecule has 0 unspecified atom stereocenters. The van der Waals surface area contributed by atoms with Crippen molar-refractivity contribution in [1.29, 1.82) is 0 Å². The van der Waals surface area contributed by atoms with Gasteiger partial charge in [0.2, 0.25) is 0 Å². The van der Waals surface area contributed by atoms with E-state index in [9.17, 15) is 0 Å². The quantitative estimate of drug-likeness (QED) is 0.218. The molecule has 2 aromatic rings. The van der Waals surface area contributed by atoms with Crippen LogP contribution in [0.2, 0.25) is 0 Å². The molecule has 0 N–H and O–H groups in total. The van der Waals surface area contributed by atoms with Gasteiger partial charge in [0.15, 0.2) is 0 Å². The van der Waals surface area contributed by atoms with E-state index in [0.717, 1.165) is 6.42 Å². The summed E-state index contributed by atoms with van der Waals surface area (Å²) in [6.07, 6.45) is 7.96. The zero-order valence-electron chi connectivity index (χ0n) is 13.0. The van der Waals surface area contributed by atoms with Gasteiger partial charge in [0.1, 0.15) is 0 Å². The average molecular weight is 568 g/mol. The van der Waals surface area contributed by atoms with Crippen molar-refractivity contribution in [3.63, 3.8) is 0 Å². The van der Waals surface area contributed by atoms with E-state index in [4.69, 9.17) is 43.4 Å². The summed E-state index contributed by atoms with van der Waals surface area (Å²) in [6.45, 7) is 0. The maximum atomic E-state index is 4.76. The summed E-state index contributed by atoms with van der Waals surface area (Å²) >= 11 is 9.72. The monoisotopic (exact) mass is 566 g/mol. The molecular weight excluding hydrogens is 551 g/mol. The molecule has 0 fully saturated rings. The number of hydrogen-bond donors (Lipinski definition) is 0. The molecule has 0 radical (unpaired) electrons. The molecule has 0 saturated carbocycles. The van der Waals surface area contributed by atoms with Gasteiger partial charge in [-0.1, -0.05) is 78.9 Å². The SMILES string of the molecule is C1=CC(P(c2ccccc2)c2ccccc2)=CC1.ClCCl.[Cl][Fe][Cl].[Pd]. The third-order valence-corrected chi connectivity index (χ3v) is 5.52. The summed E-state index contributed by atoms with van der Waals surface area (Å²) in [4.78, 5) is 0. The average Bonchev–Trinajstić information content (AvgIpc) is 3.13. The van der Waals surface area contributed by atoms with Crippen LogP contribution in [0.1, 0.15) is 6.42 Å². The molecule has 3 rings (SSSR count). The Morgan fingerprint density at radius 2 is 1.24 bits per heavy atom. The second-order valence-electron chi connectivity index (χ2n) is 4.43. The number of allylic oxidation sites excluding steroid dienone is 4. The Bertz CT molecular complexity index is 582. The van der Waals surface area contributed by atoms with E-state index in [-0.39, 0.29) is 46.8 Å². The molecule has 0 amide bonds. The summed E-state index contributed by atoms with van der Waals surface area (Å²) in [5, 5.41) is 4.52. The standard InChI is InChI=1S/C17H15P.CH2Cl2.2ClH.Fe.Pd/c1-3-9-15(10-4-1)18(17-13-7-8-14-17)16-11-5-2-6-12-16;2-1-3;;;;/h1-7,9-14H,8H2;1H2;2*1H;;/q;;;;+2;/p-2. The van der Waals surface area contributed by atoms with E-state index in [1.165, 1.54) is 15.9 Å². The van der Waals surface area contributed by atoms with Crippen molar-refractivity contribution in [3.05, 3.63) is 84.2 Å². The maximum absolute atomic E-state index is 4.76. The molecule has 0 spiro atoms. The largest absolute Gasteiger partial charge is 0 e. The third-order valence-electron chi connectivity index (χ3n) is 3.04. The minimum Gasteiger partial charge on any atom is 0 e. The van der Waals surface area contributed by atoms with E-state index < -0.39 is 0 Å². The molecule has 140 valence electrons. The number of alkyl halides is 2. The summed E-state index contributed by atoms with van der Waals surface area (Å²) in [5.74, 6) is 0. The van der Waals surface area contributed by atoms with Crippen LogP contribution in [0, 0.1) is 0 Å². The Morgan fingerprint density at radius 3 is 1.56 bits per heavy atom. The maximum Gasteiger partial charge on any atom is 0 e. The normalized spacial score (nSPS) is 11.6. The van der Waals surface area contributed by atoms with Crippen LogP contribution in [0.4, 0.5) is 0 Å². The molecule has 0 aliphatic heterocycles. The smallest absolute Gasteiger partial charge is 0 e. The second-order valence-corrected chi connectivity index (χ2v) is 9.28. The van der Waals surface area contributed by atoms with Gasteiger partial charge in [0, 0.05) is 20.4 Å². The third kappa shape index (κ3) is 9.98. The molecule has 2 aromatic carbocycles. The van der Waals surface area contributed by atoms with Gasteiger partial charge in [-0.25, -0.2) is 0 Å². The number of halogens is 4. The Labute approximate surface area is 190 Å². The van der Waals surface area contributed by atoms with Crippen molar-refractivity contribution in [2.75, 3.05) is 5.34 Å². The zero-order chi connectivity index (χ0) is 17.6. The van der Waals surface area contributed by atoms with Crippen LogP contribution < -0.4 is 10.6 Å². The topological polar surface area (TPSA) is 0 Å². The van der Waals surface area contributed by atoms with Crippen LogP contribution in [0.3, 0.4) is 0 Å². The fraction of sp³-hybridized carbons (Fsp3) is 0.111. The summed E-state index contributed by atoms with van der Waals surface area (Å²) in [5.41, 5.74) is 0. The molecule has 0 nitrogen and oxygen atoms in total. The molecule has 1 aliphatic rings. The fourth-order valence-corrected chi connectivity index (χ4v) is 4.59. The summed E-state index contributed by atoms with van der Waals surface area (Å²) < 4.78 is 0. The minimum absolute atomic E-state index is 0. The van der Waals surface area contributed by atoms with Crippen molar-refractivity contribution in [3.8, 4) is 0 Å². The predicted molar refractivity (Wildman–Crippen MR) is 109 cm³/mol. The number of hydrogen-bond acceptors (Lipinski definition) is 0. The fourth-order valence-electron chi connectivity index (χ4n) is 2.21. The minimum atomic E-state index is -0.378. The van der Waals surface area contributed by atoms with E-state index in [0.29, 0.717) is 0 Å². The van der Waals surface area contributed by atoms with E-state index >= 15 is 0 Å². The Hall–Kier alpha value is 0.692. The van der Waals surface area contributed by atoms with Gasteiger partial charge in [0.25, 0.3) is 0 Å². The van der Waals surface area contributed by atoms with Gasteiger partial charge in [-0.3, -0.25) is 0 Å². The van der Waals surface area contributed by atoms with E-state index in [1.807, 2.05) is 0 Å². The number of benzene rings is 2. The Balaban J connectivity index is 0.000000729. The molecule has 1 aliphatic carbocycles. The van der Waals surface area contributed by atoms with Crippen LogP contribution in [0.25, 0.3) is 0 Å². The van der Waals surface area contributed by atoms with Crippen LogP contribution in [-0.2, 0) is 33.6 Å². The first-order valence-corrected chi connectivity index (χ1v) is 12.5. The predicted octanol–water partition coefficient (Wildman–Crippen LogP) is 6.76. The van der Waals surface area contributed by atoms with E-state index in [1.54, 1.807) is 0 Å². The molecule has 0 bridgehead atoms. The van der Waals surface area contributed by atoms with Gasteiger partial charge in [-0.2, -0.15) is 0 Å². The molecule has 7 heteroatoms. The second kappa shape index (κ2) is 16.8. The summed E-state index contributed by atoms with van der Waals surface area (Å²) in [7, 11) is 9.15. The van der Waals surface area contributed by atoms with Crippen LogP contribution in [0.15, 0.2) is 84.2 Å². The first-order chi connectivity index (χ1) is 11.8. The van der Waals surface area contributed by atoms with Gasteiger partial charge >= 0.3 is 33.3 Å². The first kappa shape index (κ1) is 25.7. The van der Waals surface area contributed by atoms with Gasteiger partial charge < -0.3 is 0 Å². The van der Waals surface area contributed by atoms with Crippen molar-refractivity contribution in [1.82, 2.24) is 0 Å². The van der Waals surface area contributed by atoms with Crippen molar-refractivity contribution < 1.29 is 33.6 Å². The van der Waals surface area contributed by atoms with Crippen LogP contribution >= 0.6 is 51.3 Å². The zero-order valence-corrected chi connectivity index (χ0v) is 19.6. The Kier molecular flexibility index (Phi) is 17.3. The van der Waals surface area contributed by atoms with Crippen LogP contribution in [-0.4, -0.2) is 5.34 Å². The van der Waals surface area contributed by atoms with Crippen molar-refractivity contribution in [2.45, 2.75) is 6.42 Å². The number of rotatable bonds is 3. The van der Waals surface area contributed by atoms with E-state index in [2.05, 4.69) is 78.9 Å². The molecular formula is C18H17Cl4FePPd. The van der Waals surface area contributed by atoms with Gasteiger partial charge in [0.05, 0.1) is 5.34 Å². The van der Waals surface area contributed by atoms with Crippen molar-refractivity contribution >= 4 is 61.9 Å².